The van der Waals surface area contributed by atoms with E-state index in [1.807, 2.05) is 11.3 Å². The summed E-state index contributed by atoms with van der Waals surface area (Å²) in [5.74, 6) is 0. The Morgan fingerprint density at radius 2 is 1.09 bits per heavy atom. The van der Waals surface area contributed by atoms with Gasteiger partial charge in [0.05, 0.1) is 11.0 Å². The quantitative estimate of drug-likeness (QED) is 0.149. The molecule has 0 bridgehead atoms. The molecule has 64 heavy (non-hydrogen) atoms. The van der Waals surface area contributed by atoms with Crippen molar-refractivity contribution >= 4 is 82.5 Å². The standard InChI is InChI=1S/C60H59BN2S/c1-56(2,3)34-22-26-37(27-23-34)63-48-33-44-43(59(10,11)41-19-15-16-20-42(41)60(44,12)13)32-40(48)52-53-54-50(51-38-18-14-17-21-49(38)64-55(51)52)39-30-35(57(4,5)6)24-28-46(39)62(54)47-29-25-36(58(7,8)9)31-45(47)61(53)63/h14-33H,1-13H3. The van der Waals surface area contributed by atoms with Gasteiger partial charge in [-0.15, -0.1) is 11.3 Å². The zero-order valence-corrected chi connectivity index (χ0v) is 40.7. The lowest BCUT2D eigenvalue weighted by molar-refractivity contribution is 0.521. The smallest absolute Gasteiger partial charge is 0.333 e. The molecular weight excluding hydrogens is 792 g/mol. The fourth-order valence-electron chi connectivity index (χ4n) is 12.1. The molecule has 2 aliphatic heterocycles. The van der Waals surface area contributed by atoms with Crippen molar-refractivity contribution in [2.75, 3.05) is 4.81 Å². The summed E-state index contributed by atoms with van der Waals surface area (Å²) in [5.41, 5.74) is 21.4. The van der Waals surface area contributed by atoms with Gasteiger partial charge in [0.1, 0.15) is 0 Å². The van der Waals surface area contributed by atoms with Gasteiger partial charge in [0.2, 0.25) is 0 Å². The maximum atomic E-state index is 2.76. The van der Waals surface area contributed by atoms with Crippen molar-refractivity contribution in [2.45, 2.75) is 117 Å². The normalized spacial score (nSPS) is 16.1. The molecule has 318 valence electrons. The third-order valence-electron chi connectivity index (χ3n) is 15.7. The molecule has 0 unspecified atom stereocenters. The molecule has 9 aromatic rings. The predicted octanol–water partition coefficient (Wildman–Crippen LogP) is 15.2. The zero-order valence-electron chi connectivity index (χ0n) is 39.9. The molecule has 0 fully saturated rings. The van der Waals surface area contributed by atoms with Crippen LogP contribution >= 0.6 is 11.3 Å². The second kappa shape index (κ2) is 12.6. The topological polar surface area (TPSA) is 8.17 Å². The number of fused-ring (bicyclic) bond motifs is 15. The van der Waals surface area contributed by atoms with Crippen LogP contribution in [0.2, 0.25) is 0 Å². The monoisotopic (exact) mass is 850 g/mol. The first kappa shape index (κ1) is 40.0. The van der Waals surface area contributed by atoms with Crippen LogP contribution in [0.1, 0.15) is 129 Å². The van der Waals surface area contributed by atoms with E-state index in [1.165, 1.54) is 120 Å². The predicted molar refractivity (Wildman–Crippen MR) is 280 cm³/mol. The fraction of sp³-hybridized carbons (Fsp3) is 0.300. The Kier molecular flexibility index (Phi) is 7.87. The van der Waals surface area contributed by atoms with Gasteiger partial charge in [-0.2, -0.15) is 0 Å². The van der Waals surface area contributed by atoms with Crippen LogP contribution in [-0.2, 0) is 27.1 Å². The molecule has 4 heterocycles. The molecule has 0 atom stereocenters. The third kappa shape index (κ3) is 5.21. The van der Waals surface area contributed by atoms with E-state index in [2.05, 4.69) is 221 Å². The molecule has 2 aromatic heterocycles. The number of hydrogen-bond acceptors (Lipinski definition) is 2. The van der Waals surface area contributed by atoms with E-state index in [1.54, 1.807) is 0 Å². The van der Waals surface area contributed by atoms with Gasteiger partial charge >= 0.3 is 6.85 Å². The molecule has 0 spiro atoms. The van der Waals surface area contributed by atoms with Gasteiger partial charge in [-0.05, 0) is 115 Å². The van der Waals surface area contributed by atoms with Crippen LogP contribution in [0, 0.1) is 0 Å². The maximum absolute atomic E-state index is 2.76. The number of hydrogen-bond donors (Lipinski definition) is 0. The summed E-state index contributed by atoms with van der Waals surface area (Å²) in [6.07, 6.45) is 0. The van der Waals surface area contributed by atoms with E-state index in [-0.39, 0.29) is 33.9 Å². The molecule has 12 rings (SSSR count). The average Bonchev–Trinajstić information content (AvgIpc) is 3.80. The number of thiophene rings is 1. The number of nitrogens with zero attached hydrogens (tertiary/aromatic N) is 2. The molecule has 0 N–H and O–H groups in total. The molecule has 0 amide bonds. The summed E-state index contributed by atoms with van der Waals surface area (Å²) in [6.45, 7) is 30.9. The lowest BCUT2D eigenvalue weighted by atomic mass is 9.43. The number of aromatic nitrogens is 1. The highest BCUT2D eigenvalue weighted by atomic mass is 32.1. The first-order valence-corrected chi connectivity index (χ1v) is 24.3. The molecular formula is C60H59BN2S. The van der Waals surface area contributed by atoms with Crippen molar-refractivity contribution in [1.82, 2.24) is 4.57 Å². The Labute approximate surface area is 384 Å². The van der Waals surface area contributed by atoms with Crippen LogP contribution in [0.4, 0.5) is 11.4 Å². The second-order valence-electron chi connectivity index (χ2n) is 23.4. The van der Waals surface area contributed by atoms with Crippen molar-refractivity contribution < 1.29 is 0 Å². The van der Waals surface area contributed by atoms with Crippen molar-refractivity contribution in [3.05, 3.63) is 160 Å². The van der Waals surface area contributed by atoms with Crippen LogP contribution in [0.3, 0.4) is 0 Å². The number of anilines is 2. The van der Waals surface area contributed by atoms with E-state index in [0.29, 0.717) is 0 Å². The van der Waals surface area contributed by atoms with Crippen LogP contribution in [0.5, 0.6) is 0 Å². The van der Waals surface area contributed by atoms with Gasteiger partial charge in [-0.1, -0.05) is 163 Å². The second-order valence-corrected chi connectivity index (χ2v) is 24.5. The van der Waals surface area contributed by atoms with Gasteiger partial charge in [0.25, 0.3) is 0 Å². The van der Waals surface area contributed by atoms with Crippen molar-refractivity contribution in [2.24, 2.45) is 0 Å². The largest absolute Gasteiger partial charge is 0.376 e. The molecule has 4 heteroatoms. The van der Waals surface area contributed by atoms with E-state index >= 15 is 0 Å². The lowest BCUT2D eigenvalue weighted by Gasteiger charge is -2.47. The van der Waals surface area contributed by atoms with Crippen LogP contribution < -0.4 is 15.7 Å². The van der Waals surface area contributed by atoms with Gasteiger partial charge in [0, 0.05) is 70.0 Å². The van der Waals surface area contributed by atoms with E-state index < -0.39 is 0 Å². The molecule has 0 radical (unpaired) electrons. The third-order valence-corrected chi connectivity index (χ3v) is 16.9. The Morgan fingerprint density at radius 3 is 1.75 bits per heavy atom. The van der Waals surface area contributed by atoms with Gasteiger partial charge in [-0.25, -0.2) is 0 Å². The zero-order chi connectivity index (χ0) is 44.8. The van der Waals surface area contributed by atoms with Gasteiger partial charge in [0.15, 0.2) is 0 Å². The summed E-state index contributed by atoms with van der Waals surface area (Å²) in [5, 5.41) is 5.49. The molecule has 7 aromatic carbocycles. The Morgan fingerprint density at radius 1 is 0.516 bits per heavy atom. The summed E-state index contributed by atoms with van der Waals surface area (Å²) < 4.78 is 5.42. The van der Waals surface area contributed by atoms with Crippen LogP contribution in [-0.4, -0.2) is 11.4 Å². The average molecular weight is 851 g/mol. The SMILES string of the molecule is CC(C)(C)c1ccc(N2B3c4cc(C(C)(C)C)ccc4-n4c5ccc(C(C)(C)C)cc5c5c6c(sc7ccccc76)c(c3c54)-c3cc4c(cc32)C(C)(C)c2ccccc2C4(C)C)cc1. The van der Waals surface area contributed by atoms with Crippen LogP contribution in [0.15, 0.2) is 121 Å². The van der Waals surface area contributed by atoms with Crippen LogP contribution in [0.25, 0.3) is 58.8 Å². The molecule has 3 aliphatic rings. The minimum Gasteiger partial charge on any atom is -0.376 e. The molecule has 0 saturated heterocycles. The van der Waals surface area contributed by atoms with Crippen molar-refractivity contribution in [3.63, 3.8) is 0 Å². The van der Waals surface area contributed by atoms with E-state index in [9.17, 15) is 0 Å². The highest BCUT2D eigenvalue weighted by Gasteiger charge is 2.49. The highest BCUT2D eigenvalue weighted by Crippen LogP contribution is 2.57. The van der Waals surface area contributed by atoms with Crippen molar-refractivity contribution in [3.8, 4) is 16.8 Å². The number of benzene rings is 7. The minimum absolute atomic E-state index is 0.00211. The first-order valence-electron chi connectivity index (χ1n) is 23.5. The number of rotatable bonds is 1. The van der Waals surface area contributed by atoms with Gasteiger partial charge in [-0.3, -0.25) is 0 Å². The molecule has 0 saturated carbocycles. The Hall–Kier alpha value is -5.58. The Bertz CT molecular complexity index is 3500. The molecule has 2 nitrogen and oxygen atoms in total. The summed E-state index contributed by atoms with van der Waals surface area (Å²) in [7, 11) is 0. The highest BCUT2D eigenvalue weighted by molar-refractivity contribution is 7.27. The summed E-state index contributed by atoms with van der Waals surface area (Å²) in [6, 6.07) is 48.1. The van der Waals surface area contributed by atoms with Crippen molar-refractivity contribution in [1.29, 1.82) is 0 Å². The van der Waals surface area contributed by atoms with Gasteiger partial charge < -0.3 is 9.38 Å². The first-order chi connectivity index (χ1) is 30.2. The summed E-state index contributed by atoms with van der Waals surface area (Å²) >= 11 is 2.00. The summed E-state index contributed by atoms with van der Waals surface area (Å²) in [4.78, 5) is 2.76. The Balaban J connectivity index is 1.33. The maximum Gasteiger partial charge on any atom is 0.333 e. The fourth-order valence-corrected chi connectivity index (χ4v) is 13.3. The van der Waals surface area contributed by atoms with E-state index in [4.69, 9.17) is 0 Å². The lowest BCUT2D eigenvalue weighted by Crippen LogP contribution is -2.61. The molecule has 1 aliphatic carbocycles. The van der Waals surface area contributed by atoms with E-state index in [0.717, 1.165) is 0 Å². The minimum atomic E-state index is -0.198.